The molecule has 0 aliphatic carbocycles. The molecule has 6 nitrogen and oxygen atoms in total. The van der Waals surface area contributed by atoms with Gasteiger partial charge in [-0.15, -0.1) is 0 Å². The third kappa shape index (κ3) is 3.10. The molecule has 0 aromatic heterocycles. The predicted octanol–water partition coefficient (Wildman–Crippen LogP) is -0.450. The smallest absolute Gasteiger partial charge is 0.253 e. The third-order valence-corrected chi connectivity index (χ3v) is 2.30. The fourth-order valence-corrected chi connectivity index (χ4v) is 1.51. The second kappa shape index (κ2) is 5.20. The Balaban J connectivity index is 3.14. The molecule has 0 atom stereocenters. The molecule has 0 aliphatic heterocycles. The van der Waals surface area contributed by atoms with E-state index in [2.05, 4.69) is 5.32 Å². The number of nitrogens with two attached hydrogens (primary N) is 2. The zero-order valence-corrected chi connectivity index (χ0v) is 9.86. The number of hydrogen-bond donors (Lipinski definition) is 3. The molecule has 0 radical (unpaired) electrons. The van der Waals surface area contributed by atoms with Crippen LogP contribution < -0.4 is 21.7 Å². The predicted molar refractivity (Wildman–Crippen MR) is 66.7 cm³/mol. The van der Waals surface area contributed by atoms with E-state index >= 15 is 0 Å². The number of primary amides is 1. The number of amides is 2. The lowest BCUT2D eigenvalue weighted by molar-refractivity contribution is -0.116. The summed E-state index contributed by atoms with van der Waals surface area (Å²) in [5.74, 6) is -0.714. The van der Waals surface area contributed by atoms with E-state index in [1.165, 1.54) is 7.05 Å². The van der Waals surface area contributed by atoms with Crippen LogP contribution in [-0.4, -0.2) is 32.5 Å². The highest BCUT2D eigenvalue weighted by Crippen LogP contribution is 2.22. The van der Waals surface area contributed by atoms with Gasteiger partial charge in [-0.2, -0.15) is 0 Å². The van der Waals surface area contributed by atoms with Crippen molar-refractivity contribution in [1.29, 1.82) is 0 Å². The van der Waals surface area contributed by atoms with E-state index in [0.717, 1.165) is 0 Å². The number of anilines is 2. The minimum absolute atomic E-state index is 0.0213. The maximum Gasteiger partial charge on any atom is 0.253 e. The van der Waals surface area contributed by atoms with Crippen molar-refractivity contribution in [3.8, 4) is 0 Å². The Morgan fingerprint density at radius 1 is 1.41 bits per heavy atom. The first kappa shape index (κ1) is 12.8. The van der Waals surface area contributed by atoms with Crippen LogP contribution in [0.15, 0.2) is 18.2 Å². The van der Waals surface area contributed by atoms with Gasteiger partial charge in [-0.3, -0.25) is 9.59 Å². The summed E-state index contributed by atoms with van der Waals surface area (Å²) < 4.78 is 0. The van der Waals surface area contributed by atoms with Crippen LogP contribution >= 0.6 is 0 Å². The first-order chi connectivity index (χ1) is 7.95. The van der Waals surface area contributed by atoms with Crippen molar-refractivity contribution < 1.29 is 9.59 Å². The molecule has 17 heavy (non-hydrogen) atoms. The van der Waals surface area contributed by atoms with Gasteiger partial charge in [-0.1, -0.05) is 0 Å². The number of nitrogens with zero attached hydrogens (tertiary/aromatic N) is 1. The van der Waals surface area contributed by atoms with Gasteiger partial charge in [0.15, 0.2) is 0 Å². The highest BCUT2D eigenvalue weighted by Gasteiger charge is 2.14. The van der Waals surface area contributed by atoms with Gasteiger partial charge in [0, 0.05) is 19.8 Å². The van der Waals surface area contributed by atoms with Gasteiger partial charge in [0.05, 0.1) is 17.8 Å². The van der Waals surface area contributed by atoms with Crippen molar-refractivity contribution in [1.82, 2.24) is 5.32 Å². The third-order valence-electron chi connectivity index (χ3n) is 2.30. The van der Waals surface area contributed by atoms with Crippen molar-refractivity contribution in [3.63, 3.8) is 0 Å². The van der Waals surface area contributed by atoms with E-state index < -0.39 is 5.91 Å². The lowest BCUT2D eigenvalue weighted by Crippen LogP contribution is -2.32. The van der Waals surface area contributed by atoms with Gasteiger partial charge in [-0.05, 0) is 18.2 Å². The highest BCUT2D eigenvalue weighted by molar-refractivity contribution is 6.00. The van der Waals surface area contributed by atoms with Crippen molar-refractivity contribution in [2.75, 3.05) is 31.3 Å². The molecule has 0 bridgehead atoms. The minimum atomic E-state index is -0.474. The molecule has 0 spiro atoms. The van der Waals surface area contributed by atoms with E-state index in [-0.39, 0.29) is 12.5 Å². The Morgan fingerprint density at radius 3 is 2.59 bits per heavy atom. The first-order valence-electron chi connectivity index (χ1n) is 5.06. The number of nitrogens with one attached hydrogen (secondary N) is 1. The molecule has 1 rings (SSSR count). The maximum absolute atomic E-state index is 11.6. The molecule has 0 heterocycles. The number of nitrogen functional groups attached to an aromatic ring is 1. The molecule has 0 saturated heterocycles. The zero-order valence-electron chi connectivity index (χ0n) is 9.86. The van der Waals surface area contributed by atoms with Crippen molar-refractivity contribution in [2.24, 2.45) is 5.73 Å². The lowest BCUT2D eigenvalue weighted by atomic mass is 10.1. The summed E-state index contributed by atoms with van der Waals surface area (Å²) in [5.41, 5.74) is 12.3. The fraction of sp³-hybridized carbons (Fsp3) is 0.273. The summed E-state index contributed by atoms with van der Waals surface area (Å²) in [6, 6.07) is 4.88. The highest BCUT2D eigenvalue weighted by atomic mass is 16.2. The van der Waals surface area contributed by atoms with Crippen LogP contribution in [0, 0.1) is 0 Å². The molecule has 0 fully saturated rings. The molecule has 5 N–H and O–H groups in total. The normalized spacial score (nSPS) is 9.76. The van der Waals surface area contributed by atoms with Gasteiger partial charge >= 0.3 is 0 Å². The molecule has 1 aromatic carbocycles. The quantitative estimate of drug-likeness (QED) is 0.616. The Labute approximate surface area is 99.6 Å². The first-order valence-corrected chi connectivity index (χ1v) is 5.06. The summed E-state index contributed by atoms with van der Waals surface area (Å²) in [4.78, 5) is 24.1. The number of likely N-dealkylation sites (N-methyl/N-ethyl adjacent to an activating group) is 1. The number of hydrogen-bond acceptors (Lipinski definition) is 4. The molecule has 92 valence electrons. The van der Waals surface area contributed by atoms with Crippen LogP contribution in [0.25, 0.3) is 0 Å². The van der Waals surface area contributed by atoms with Crippen molar-refractivity contribution in [3.05, 3.63) is 23.8 Å². The Morgan fingerprint density at radius 2 is 2.06 bits per heavy atom. The van der Waals surface area contributed by atoms with E-state index in [1.54, 1.807) is 30.1 Å². The minimum Gasteiger partial charge on any atom is -0.399 e. The van der Waals surface area contributed by atoms with E-state index in [1.807, 2.05) is 0 Å². The molecule has 0 aliphatic rings. The molecule has 1 aromatic rings. The fourth-order valence-electron chi connectivity index (χ4n) is 1.51. The van der Waals surface area contributed by atoms with Crippen LogP contribution in [0.2, 0.25) is 0 Å². The van der Waals surface area contributed by atoms with Gasteiger partial charge in [0.2, 0.25) is 5.91 Å². The standard InChI is InChI=1S/C11H16N4O2/c1-14-11(17)8-4-3-7(12)5-9(8)15(2)6-10(13)16/h3-5H,6,12H2,1-2H3,(H2,13,16)(H,14,17). The van der Waals surface area contributed by atoms with Crippen LogP contribution in [-0.2, 0) is 4.79 Å². The topological polar surface area (TPSA) is 101 Å². The Hall–Kier alpha value is -2.24. The van der Waals surface area contributed by atoms with E-state index in [9.17, 15) is 9.59 Å². The maximum atomic E-state index is 11.6. The molecule has 6 heteroatoms. The van der Waals surface area contributed by atoms with Crippen LogP contribution in [0.4, 0.5) is 11.4 Å². The lowest BCUT2D eigenvalue weighted by Gasteiger charge is -2.20. The summed E-state index contributed by atoms with van der Waals surface area (Å²) in [6.07, 6.45) is 0. The Kier molecular flexibility index (Phi) is 3.92. The van der Waals surface area contributed by atoms with Gasteiger partial charge in [0.1, 0.15) is 0 Å². The van der Waals surface area contributed by atoms with E-state index in [4.69, 9.17) is 11.5 Å². The second-order valence-corrected chi connectivity index (χ2v) is 3.68. The largest absolute Gasteiger partial charge is 0.399 e. The second-order valence-electron chi connectivity index (χ2n) is 3.68. The number of carbonyl (C=O) groups excluding carboxylic acids is 2. The summed E-state index contributed by atoms with van der Waals surface area (Å²) in [7, 11) is 3.21. The van der Waals surface area contributed by atoms with Crippen LogP contribution in [0.5, 0.6) is 0 Å². The summed E-state index contributed by atoms with van der Waals surface area (Å²) in [6.45, 7) is 0.0213. The summed E-state index contributed by atoms with van der Waals surface area (Å²) in [5, 5.41) is 2.53. The van der Waals surface area contributed by atoms with Gasteiger partial charge < -0.3 is 21.7 Å². The SMILES string of the molecule is CNC(=O)c1ccc(N)cc1N(C)CC(N)=O. The molecular formula is C11H16N4O2. The Bertz CT molecular complexity index is 445. The van der Waals surface area contributed by atoms with Crippen molar-refractivity contribution in [2.45, 2.75) is 0 Å². The summed E-state index contributed by atoms with van der Waals surface area (Å²) >= 11 is 0. The van der Waals surface area contributed by atoms with Crippen molar-refractivity contribution >= 4 is 23.2 Å². The van der Waals surface area contributed by atoms with Crippen LogP contribution in [0.3, 0.4) is 0 Å². The molecule has 0 saturated carbocycles. The average molecular weight is 236 g/mol. The molecule has 0 unspecified atom stereocenters. The number of benzene rings is 1. The van der Waals surface area contributed by atoms with Crippen LogP contribution in [0.1, 0.15) is 10.4 Å². The number of rotatable bonds is 4. The molecular weight excluding hydrogens is 220 g/mol. The zero-order chi connectivity index (χ0) is 13.0. The molecule has 2 amide bonds. The van der Waals surface area contributed by atoms with Gasteiger partial charge in [-0.25, -0.2) is 0 Å². The monoisotopic (exact) mass is 236 g/mol. The van der Waals surface area contributed by atoms with Gasteiger partial charge in [0.25, 0.3) is 5.91 Å². The average Bonchev–Trinajstić information content (AvgIpc) is 2.27. The number of carbonyl (C=O) groups is 2. The van der Waals surface area contributed by atoms with E-state index in [0.29, 0.717) is 16.9 Å².